The summed E-state index contributed by atoms with van der Waals surface area (Å²) in [5.41, 5.74) is 0.428. The van der Waals surface area contributed by atoms with Gasteiger partial charge in [0.2, 0.25) is 0 Å². The van der Waals surface area contributed by atoms with E-state index in [1.165, 1.54) is 0 Å². The highest BCUT2D eigenvalue weighted by Gasteiger charge is 2.35. The molecular weight excluding hydrogens is 384 g/mol. The van der Waals surface area contributed by atoms with Crippen LogP contribution in [0.1, 0.15) is 43.3 Å². The number of ether oxygens (including phenoxy) is 1. The number of hydrogen-bond donors (Lipinski definition) is 2. The van der Waals surface area contributed by atoms with Crippen molar-refractivity contribution in [2.24, 2.45) is 5.92 Å². The molecule has 0 radical (unpaired) electrons. The summed E-state index contributed by atoms with van der Waals surface area (Å²) in [6.45, 7) is 2.43. The molecule has 2 fully saturated rings. The summed E-state index contributed by atoms with van der Waals surface area (Å²) in [6.07, 6.45) is 3.17. The molecule has 1 aliphatic heterocycles. The maximum Gasteiger partial charge on any atom is 0.350 e. The first kappa shape index (κ1) is 20.4. The average molecular weight is 412 g/mol. The molecule has 2 aromatic rings. The standard InChI is InChI=1S/C21H28N6O3/c1-25(11-3-9-22)17(13-8-10-24-12-13)15-6-7-16-18(19(15)30-2)26(14-4-5-14)21(29)27(23)20(16)28/h6-7,13-14,17,24H,3-5,8,10-12,23H2,1-2H3. The fourth-order valence-corrected chi connectivity index (χ4v) is 4.71. The number of hydrogen-bond acceptors (Lipinski definition) is 7. The highest BCUT2D eigenvalue weighted by molar-refractivity contribution is 5.86. The number of aromatic nitrogens is 2. The molecule has 1 aromatic heterocycles. The lowest BCUT2D eigenvalue weighted by molar-refractivity contribution is 0.184. The van der Waals surface area contributed by atoms with Crippen LogP contribution in [0.2, 0.25) is 0 Å². The Balaban J connectivity index is 1.97. The lowest BCUT2D eigenvalue weighted by Gasteiger charge is -2.34. The van der Waals surface area contributed by atoms with Crippen LogP contribution in [0.15, 0.2) is 21.7 Å². The van der Waals surface area contributed by atoms with Crippen molar-refractivity contribution in [3.63, 3.8) is 0 Å². The molecule has 2 aliphatic rings. The molecular formula is C21H28N6O3. The van der Waals surface area contributed by atoms with Crippen molar-refractivity contribution in [1.29, 1.82) is 5.26 Å². The minimum atomic E-state index is -0.520. The topological polar surface area (TPSA) is 118 Å². The summed E-state index contributed by atoms with van der Waals surface area (Å²) in [5.74, 6) is 6.67. The summed E-state index contributed by atoms with van der Waals surface area (Å²) in [5, 5.41) is 12.9. The van der Waals surface area contributed by atoms with Crippen LogP contribution >= 0.6 is 0 Å². The monoisotopic (exact) mass is 412 g/mol. The number of rotatable bonds is 7. The van der Waals surface area contributed by atoms with Crippen LogP contribution in [-0.2, 0) is 0 Å². The van der Waals surface area contributed by atoms with Crippen molar-refractivity contribution in [1.82, 2.24) is 19.5 Å². The number of benzene rings is 1. The Labute approximate surface area is 174 Å². The van der Waals surface area contributed by atoms with E-state index in [4.69, 9.17) is 15.8 Å². The minimum Gasteiger partial charge on any atom is -0.494 e. The molecule has 1 saturated heterocycles. The van der Waals surface area contributed by atoms with Crippen LogP contribution in [-0.4, -0.2) is 47.9 Å². The van der Waals surface area contributed by atoms with Gasteiger partial charge in [-0.2, -0.15) is 9.94 Å². The Hall–Kier alpha value is -2.83. The fourth-order valence-electron chi connectivity index (χ4n) is 4.71. The van der Waals surface area contributed by atoms with Crippen molar-refractivity contribution in [2.45, 2.75) is 37.8 Å². The molecule has 4 rings (SSSR count). The van der Waals surface area contributed by atoms with Gasteiger partial charge in [-0.3, -0.25) is 14.3 Å². The smallest absolute Gasteiger partial charge is 0.350 e. The van der Waals surface area contributed by atoms with Crippen LogP contribution in [0.25, 0.3) is 10.9 Å². The largest absolute Gasteiger partial charge is 0.494 e. The molecule has 1 saturated carbocycles. The highest BCUT2D eigenvalue weighted by Crippen LogP contribution is 2.43. The van der Waals surface area contributed by atoms with Gasteiger partial charge in [-0.1, -0.05) is 6.07 Å². The van der Waals surface area contributed by atoms with Crippen LogP contribution in [0.3, 0.4) is 0 Å². The molecule has 1 aromatic carbocycles. The maximum absolute atomic E-state index is 12.9. The first-order valence-electron chi connectivity index (χ1n) is 10.4. The first-order valence-corrected chi connectivity index (χ1v) is 10.4. The van der Waals surface area contributed by atoms with E-state index in [1.54, 1.807) is 17.7 Å². The van der Waals surface area contributed by atoms with Gasteiger partial charge in [-0.15, -0.1) is 0 Å². The van der Waals surface area contributed by atoms with E-state index in [-0.39, 0.29) is 12.1 Å². The second kappa shape index (κ2) is 8.13. The van der Waals surface area contributed by atoms with E-state index in [0.717, 1.165) is 37.9 Å². The third-order valence-electron chi connectivity index (χ3n) is 6.30. The van der Waals surface area contributed by atoms with Crippen LogP contribution in [0.4, 0.5) is 0 Å². The predicted molar refractivity (Wildman–Crippen MR) is 114 cm³/mol. The number of methoxy groups -OCH3 is 1. The van der Waals surface area contributed by atoms with Gasteiger partial charge in [0.15, 0.2) is 0 Å². The van der Waals surface area contributed by atoms with Gasteiger partial charge in [0.1, 0.15) is 11.3 Å². The molecule has 9 heteroatoms. The number of nitrogen functional groups attached to an aromatic ring is 1. The summed E-state index contributed by atoms with van der Waals surface area (Å²) >= 11 is 0. The van der Waals surface area contributed by atoms with Gasteiger partial charge < -0.3 is 15.9 Å². The zero-order valence-electron chi connectivity index (χ0n) is 17.4. The van der Waals surface area contributed by atoms with E-state index in [2.05, 4.69) is 16.3 Å². The Bertz CT molecular complexity index is 1100. The van der Waals surface area contributed by atoms with Gasteiger partial charge in [-0.25, -0.2) is 4.79 Å². The Kier molecular flexibility index (Phi) is 5.54. The average Bonchev–Trinajstić information content (AvgIpc) is 3.44. The Morgan fingerprint density at radius 3 is 2.73 bits per heavy atom. The predicted octanol–water partition coefficient (Wildman–Crippen LogP) is 0.717. The summed E-state index contributed by atoms with van der Waals surface area (Å²) in [4.78, 5) is 27.8. The second-order valence-corrected chi connectivity index (χ2v) is 8.23. The van der Waals surface area contributed by atoms with Crippen LogP contribution < -0.4 is 27.1 Å². The first-order chi connectivity index (χ1) is 14.5. The quantitative estimate of drug-likeness (QED) is 0.643. The van der Waals surface area contributed by atoms with Gasteiger partial charge in [-0.05, 0) is 51.4 Å². The van der Waals surface area contributed by atoms with Crippen molar-refractivity contribution >= 4 is 10.9 Å². The summed E-state index contributed by atoms with van der Waals surface area (Å²) in [7, 11) is 3.59. The zero-order chi connectivity index (χ0) is 21.4. The Morgan fingerprint density at radius 2 is 2.13 bits per heavy atom. The number of nitrogens with two attached hydrogens (primary N) is 1. The van der Waals surface area contributed by atoms with Crippen molar-refractivity contribution in [2.75, 3.05) is 39.6 Å². The normalized spacial score (nSPS) is 19.9. The van der Waals surface area contributed by atoms with Crippen LogP contribution in [0.5, 0.6) is 5.75 Å². The highest BCUT2D eigenvalue weighted by atomic mass is 16.5. The summed E-state index contributed by atoms with van der Waals surface area (Å²) < 4.78 is 8.18. The molecule has 3 N–H and O–H groups in total. The van der Waals surface area contributed by atoms with Gasteiger partial charge in [0, 0.05) is 30.6 Å². The van der Waals surface area contributed by atoms with Gasteiger partial charge in [0.05, 0.1) is 18.6 Å². The number of fused-ring (bicyclic) bond motifs is 1. The third kappa shape index (κ3) is 3.36. The number of nitriles is 1. The van der Waals surface area contributed by atoms with Gasteiger partial charge in [0.25, 0.3) is 5.56 Å². The molecule has 30 heavy (non-hydrogen) atoms. The van der Waals surface area contributed by atoms with E-state index in [1.807, 2.05) is 13.1 Å². The SMILES string of the molecule is COc1c(C(C2CCNC2)N(C)CCC#N)ccc2c(=O)n(N)c(=O)n(C3CC3)c12. The lowest BCUT2D eigenvalue weighted by Crippen LogP contribution is -2.44. The van der Waals surface area contributed by atoms with Crippen molar-refractivity contribution in [3.05, 3.63) is 38.5 Å². The fraction of sp³-hybridized carbons (Fsp3) is 0.571. The van der Waals surface area contributed by atoms with Crippen LogP contribution in [0, 0.1) is 17.2 Å². The number of nitrogens with one attached hydrogen (secondary N) is 1. The van der Waals surface area contributed by atoms with E-state index in [0.29, 0.717) is 40.2 Å². The number of nitrogens with zero attached hydrogens (tertiary/aromatic N) is 4. The molecule has 0 spiro atoms. The molecule has 2 heterocycles. The van der Waals surface area contributed by atoms with Crippen molar-refractivity contribution in [3.8, 4) is 11.8 Å². The molecule has 9 nitrogen and oxygen atoms in total. The molecule has 0 bridgehead atoms. The minimum absolute atomic E-state index is 0.00392. The second-order valence-electron chi connectivity index (χ2n) is 8.23. The molecule has 2 unspecified atom stereocenters. The maximum atomic E-state index is 12.9. The van der Waals surface area contributed by atoms with E-state index >= 15 is 0 Å². The van der Waals surface area contributed by atoms with E-state index < -0.39 is 11.2 Å². The Morgan fingerprint density at radius 1 is 1.37 bits per heavy atom. The summed E-state index contributed by atoms with van der Waals surface area (Å²) in [6, 6.07) is 5.91. The zero-order valence-corrected chi connectivity index (χ0v) is 17.4. The van der Waals surface area contributed by atoms with E-state index in [9.17, 15) is 9.59 Å². The molecule has 1 aliphatic carbocycles. The molecule has 0 amide bonds. The third-order valence-corrected chi connectivity index (χ3v) is 6.30. The van der Waals surface area contributed by atoms with Gasteiger partial charge >= 0.3 is 5.69 Å². The molecule has 160 valence electrons. The van der Waals surface area contributed by atoms with Crippen molar-refractivity contribution < 1.29 is 4.74 Å². The lowest BCUT2D eigenvalue weighted by atomic mass is 9.89. The molecule has 2 atom stereocenters.